The summed E-state index contributed by atoms with van der Waals surface area (Å²) >= 11 is 6.71. The summed E-state index contributed by atoms with van der Waals surface area (Å²) in [6.07, 6.45) is 6.21. The highest BCUT2D eigenvalue weighted by molar-refractivity contribution is 6.31. The normalized spacial score (nSPS) is 26.2. The zero-order valence-electron chi connectivity index (χ0n) is 20.4. The van der Waals surface area contributed by atoms with Gasteiger partial charge >= 0.3 is 5.97 Å². The lowest BCUT2D eigenvalue weighted by Crippen LogP contribution is -2.50. The molecule has 5 heteroatoms. The van der Waals surface area contributed by atoms with Gasteiger partial charge in [0.1, 0.15) is 0 Å². The van der Waals surface area contributed by atoms with Gasteiger partial charge in [-0.15, -0.1) is 0 Å². The molecule has 2 aliphatic rings. The number of hydrogen-bond acceptors (Lipinski definition) is 2. The van der Waals surface area contributed by atoms with Crippen LogP contribution in [0.5, 0.6) is 0 Å². The van der Waals surface area contributed by atoms with Crippen molar-refractivity contribution < 1.29 is 14.7 Å². The molecule has 176 valence electrons. The Morgan fingerprint density at radius 2 is 1.94 bits per heavy atom. The second kappa shape index (κ2) is 9.21. The van der Waals surface area contributed by atoms with Crippen molar-refractivity contribution in [3.8, 4) is 0 Å². The zero-order chi connectivity index (χ0) is 23.8. The van der Waals surface area contributed by atoms with Crippen LogP contribution in [0.15, 0.2) is 30.0 Å². The third-order valence-electron chi connectivity index (χ3n) is 7.23. The Hall–Kier alpha value is -1.81. The van der Waals surface area contributed by atoms with Crippen molar-refractivity contribution in [1.29, 1.82) is 0 Å². The van der Waals surface area contributed by atoms with Crippen LogP contribution in [0, 0.1) is 17.3 Å². The molecule has 32 heavy (non-hydrogen) atoms. The smallest absolute Gasteiger partial charge is 0.303 e. The largest absolute Gasteiger partial charge is 0.481 e. The van der Waals surface area contributed by atoms with Gasteiger partial charge in [0.05, 0.1) is 0 Å². The highest BCUT2D eigenvalue weighted by Gasteiger charge is 2.44. The minimum absolute atomic E-state index is 0.114. The van der Waals surface area contributed by atoms with Crippen LogP contribution in [-0.2, 0) is 21.4 Å². The van der Waals surface area contributed by atoms with E-state index in [0.717, 1.165) is 41.8 Å². The van der Waals surface area contributed by atoms with E-state index in [1.807, 2.05) is 4.90 Å². The molecule has 1 aliphatic heterocycles. The molecule has 0 unspecified atom stereocenters. The predicted molar refractivity (Wildman–Crippen MR) is 130 cm³/mol. The highest BCUT2D eigenvalue weighted by atomic mass is 35.5. The van der Waals surface area contributed by atoms with E-state index in [2.05, 4.69) is 65.9 Å². The summed E-state index contributed by atoms with van der Waals surface area (Å²) in [5.74, 6) is -0.186. The highest BCUT2D eigenvalue weighted by Crippen LogP contribution is 2.46. The number of carboxylic acid groups (broad SMARTS) is 1. The molecule has 1 fully saturated rings. The number of aliphatic carboxylic acids is 1. The molecular weight excluding hydrogens is 422 g/mol. The summed E-state index contributed by atoms with van der Waals surface area (Å²) in [6, 6.07) is 6.46. The molecule has 0 bridgehead atoms. The topological polar surface area (TPSA) is 57.6 Å². The third-order valence-corrected chi connectivity index (χ3v) is 7.58. The van der Waals surface area contributed by atoms with Crippen LogP contribution in [0.1, 0.15) is 84.8 Å². The third kappa shape index (κ3) is 5.39. The van der Waals surface area contributed by atoms with Crippen molar-refractivity contribution in [2.24, 2.45) is 17.3 Å². The standard InChI is InChI=1S/C27H38ClNO3/c1-17(2)22-16-29(21-11-18(12-21)13-25(31)32)24(30)15-27(22,6)20-8-7-19(23(28)14-20)9-10-26(3,4)5/h7-8,14,16-18,21H,9-13,15H2,1-6H3,(H,31,32)/t18?,21?,27-/m0/s1. The molecule has 1 atom stereocenters. The van der Waals surface area contributed by atoms with Gasteiger partial charge in [-0.2, -0.15) is 0 Å². The fourth-order valence-electron chi connectivity index (χ4n) is 5.17. The van der Waals surface area contributed by atoms with Crippen LogP contribution in [0.3, 0.4) is 0 Å². The van der Waals surface area contributed by atoms with Gasteiger partial charge in [0.2, 0.25) is 5.91 Å². The first kappa shape index (κ1) is 24.8. The second-order valence-electron chi connectivity index (χ2n) is 11.5. The van der Waals surface area contributed by atoms with Gasteiger partial charge in [-0.25, -0.2) is 0 Å². The van der Waals surface area contributed by atoms with Gasteiger partial charge in [0.15, 0.2) is 0 Å². The lowest BCUT2D eigenvalue weighted by Gasteiger charge is -2.47. The van der Waals surface area contributed by atoms with Crippen LogP contribution in [0.2, 0.25) is 5.02 Å². The number of nitrogens with zero attached hydrogens (tertiary/aromatic N) is 1. The summed E-state index contributed by atoms with van der Waals surface area (Å²) in [6.45, 7) is 13.2. The number of halogens is 1. The van der Waals surface area contributed by atoms with Crippen LogP contribution in [0.25, 0.3) is 0 Å². The van der Waals surface area contributed by atoms with Crippen molar-refractivity contribution >= 4 is 23.5 Å². The number of amides is 1. The lowest BCUT2D eigenvalue weighted by molar-refractivity contribution is -0.140. The Labute approximate surface area is 198 Å². The first-order valence-corrected chi connectivity index (χ1v) is 12.2. The van der Waals surface area contributed by atoms with Crippen molar-refractivity contribution in [1.82, 2.24) is 4.90 Å². The predicted octanol–water partition coefficient (Wildman–Crippen LogP) is 6.60. The van der Waals surface area contributed by atoms with E-state index in [-0.39, 0.29) is 35.6 Å². The van der Waals surface area contributed by atoms with Crippen molar-refractivity contribution in [3.05, 3.63) is 46.1 Å². The Bertz CT molecular complexity index is 908. The number of allylic oxidation sites excluding steroid dienone is 1. The molecule has 1 aromatic carbocycles. The van der Waals surface area contributed by atoms with Gasteiger partial charge in [-0.1, -0.05) is 65.3 Å². The molecule has 4 nitrogen and oxygen atoms in total. The molecule has 3 rings (SSSR count). The zero-order valence-corrected chi connectivity index (χ0v) is 21.1. The number of aryl methyl sites for hydroxylation is 1. The minimum Gasteiger partial charge on any atom is -0.481 e. The number of rotatable bonds is 7. The Morgan fingerprint density at radius 3 is 2.47 bits per heavy atom. The quantitative estimate of drug-likeness (QED) is 0.499. The van der Waals surface area contributed by atoms with Gasteiger partial charge in [-0.05, 0) is 65.7 Å². The van der Waals surface area contributed by atoms with E-state index in [1.54, 1.807) is 0 Å². The summed E-state index contributed by atoms with van der Waals surface area (Å²) in [4.78, 5) is 26.1. The summed E-state index contributed by atoms with van der Waals surface area (Å²) < 4.78 is 0. The van der Waals surface area contributed by atoms with E-state index in [9.17, 15) is 9.59 Å². The van der Waals surface area contributed by atoms with Gasteiger partial charge in [0.25, 0.3) is 0 Å². The molecule has 1 amide bonds. The molecule has 0 aromatic heterocycles. The van der Waals surface area contributed by atoms with Crippen LogP contribution >= 0.6 is 11.6 Å². The lowest BCUT2D eigenvalue weighted by atomic mass is 9.67. The molecule has 1 heterocycles. The fraction of sp³-hybridized carbons (Fsp3) is 0.630. The molecule has 0 radical (unpaired) electrons. The maximum absolute atomic E-state index is 13.2. The number of carbonyl (C=O) groups excluding carboxylic acids is 1. The van der Waals surface area contributed by atoms with Crippen molar-refractivity contribution in [2.45, 2.75) is 91.5 Å². The molecule has 0 spiro atoms. The number of carbonyl (C=O) groups is 2. The number of carboxylic acids is 1. The van der Waals surface area contributed by atoms with E-state index in [4.69, 9.17) is 16.7 Å². The first-order chi connectivity index (χ1) is 14.8. The van der Waals surface area contributed by atoms with Gasteiger partial charge in [-0.3, -0.25) is 9.59 Å². The second-order valence-corrected chi connectivity index (χ2v) is 11.9. The van der Waals surface area contributed by atoms with E-state index in [1.165, 1.54) is 5.57 Å². The molecule has 1 saturated carbocycles. The van der Waals surface area contributed by atoms with Crippen LogP contribution in [-0.4, -0.2) is 27.9 Å². The van der Waals surface area contributed by atoms with E-state index < -0.39 is 11.4 Å². The monoisotopic (exact) mass is 459 g/mol. The minimum atomic E-state index is -0.757. The van der Waals surface area contributed by atoms with Crippen LogP contribution < -0.4 is 0 Å². The molecule has 0 saturated heterocycles. The van der Waals surface area contributed by atoms with Crippen molar-refractivity contribution in [2.75, 3.05) is 0 Å². The molecule has 1 N–H and O–H groups in total. The van der Waals surface area contributed by atoms with Crippen molar-refractivity contribution in [3.63, 3.8) is 0 Å². The number of benzene rings is 1. The maximum atomic E-state index is 13.2. The van der Waals surface area contributed by atoms with Gasteiger partial charge in [0, 0.05) is 35.5 Å². The maximum Gasteiger partial charge on any atom is 0.303 e. The Kier molecular flexibility index (Phi) is 7.14. The SMILES string of the molecule is CC(C)C1=CN(C2CC(CC(=O)O)C2)C(=O)C[C@@]1(C)c1ccc(CCC(C)(C)C)c(Cl)c1. The average Bonchev–Trinajstić information content (AvgIpc) is 2.62. The first-order valence-electron chi connectivity index (χ1n) is 11.8. The summed E-state index contributed by atoms with van der Waals surface area (Å²) in [7, 11) is 0. The summed E-state index contributed by atoms with van der Waals surface area (Å²) in [5.41, 5.74) is 3.35. The Balaban J connectivity index is 1.84. The average molecular weight is 460 g/mol. The van der Waals surface area contributed by atoms with Crippen LogP contribution in [0.4, 0.5) is 0 Å². The molecule has 1 aliphatic carbocycles. The van der Waals surface area contributed by atoms with E-state index >= 15 is 0 Å². The summed E-state index contributed by atoms with van der Waals surface area (Å²) in [5, 5.41) is 9.80. The van der Waals surface area contributed by atoms with Gasteiger partial charge < -0.3 is 10.0 Å². The Morgan fingerprint density at radius 1 is 1.28 bits per heavy atom. The number of hydrogen-bond donors (Lipinski definition) is 1. The van der Waals surface area contributed by atoms with E-state index in [0.29, 0.717) is 6.42 Å². The fourth-order valence-corrected chi connectivity index (χ4v) is 5.44. The molecule has 1 aromatic rings. The molecular formula is C27H38ClNO3.